The zero-order chi connectivity index (χ0) is 15.9. The number of para-hydroxylation sites is 1. The molecule has 1 fully saturated rings. The van der Waals surface area contributed by atoms with Crippen molar-refractivity contribution in [1.29, 1.82) is 0 Å². The summed E-state index contributed by atoms with van der Waals surface area (Å²) in [5, 5.41) is 2.77. The summed E-state index contributed by atoms with van der Waals surface area (Å²) >= 11 is 0. The number of nitrogens with one attached hydrogen (secondary N) is 1. The third kappa shape index (κ3) is 4.68. The van der Waals surface area contributed by atoms with Gasteiger partial charge in [0.1, 0.15) is 6.10 Å². The Morgan fingerprint density at radius 2 is 2.14 bits per heavy atom. The second kappa shape index (κ2) is 8.10. The molecule has 1 amide bonds. The first-order valence-electron chi connectivity index (χ1n) is 7.60. The van der Waals surface area contributed by atoms with E-state index >= 15 is 0 Å². The van der Waals surface area contributed by atoms with Crippen molar-refractivity contribution >= 4 is 5.91 Å². The highest BCUT2D eigenvalue weighted by molar-refractivity contribution is 5.81. The number of hydrogen-bond acceptors (Lipinski definition) is 4. The van der Waals surface area contributed by atoms with Gasteiger partial charge < -0.3 is 20.5 Å². The van der Waals surface area contributed by atoms with Crippen LogP contribution in [0.5, 0.6) is 5.75 Å². The van der Waals surface area contributed by atoms with Crippen molar-refractivity contribution in [3.05, 3.63) is 30.1 Å². The number of nitrogens with two attached hydrogens (primary N) is 1. The highest BCUT2D eigenvalue weighted by Crippen LogP contribution is 2.18. The van der Waals surface area contributed by atoms with E-state index in [9.17, 15) is 9.18 Å². The third-order valence-corrected chi connectivity index (χ3v) is 3.81. The molecule has 0 spiro atoms. The Morgan fingerprint density at radius 3 is 2.82 bits per heavy atom. The Kier molecular flexibility index (Phi) is 6.15. The van der Waals surface area contributed by atoms with Crippen molar-refractivity contribution < 1.29 is 18.7 Å². The summed E-state index contributed by atoms with van der Waals surface area (Å²) in [7, 11) is 0. The van der Waals surface area contributed by atoms with E-state index in [2.05, 4.69) is 5.32 Å². The molecule has 1 saturated heterocycles. The normalized spacial score (nSPS) is 18.5. The van der Waals surface area contributed by atoms with E-state index in [-0.39, 0.29) is 30.2 Å². The summed E-state index contributed by atoms with van der Waals surface area (Å²) in [6.07, 6.45) is 1.26. The molecular weight excluding hydrogens is 287 g/mol. The lowest BCUT2D eigenvalue weighted by molar-refractivity contribution is -0.124. The van der Waals surface area contributed by atoms with Gasteiger partial charge in [0.25, 0.3) is 0 Å². The number of halogens is 1. The largest absolute Gasteiger partial charge is 0.486 e. The molecule has 0 aliphatic carbocycles. The van der Waals surface area contributed by atoms with Gasteiger partial charge in [0.15, 0.2) is 11.6 Å². The van der Waals surface area contributed by atoms with Gasteiger partial charge in [0, 0.05) is 13.2 Å². The Morgan fingerprint density at radius 1 is 1.45 bits per heavy atom. The minimum Gasteiger partial charge on any atom is -0.486 e. The first kappa shape index (κ1) is 16.7. The summed E-state index contributed by atoms with van der Waals surface area (Å²) < 4.78 is 24.2. The zero-order valence-electron chi connectivity index (χ0n) is 12.8. The number of hydrogen-bond donors (Lipinski definition) is 2. The van der Waals surface area contributed by atoms with E-state index in [1.807, 2.05) is 0 Å². The molecule has 0 aromatic heterocycles. The number of benzene rings is 1. The van der Waals surface area contributed by atoms with E-state index in [0.29, 0.717) is 13.2 Å². The van der Waals surface area contributed by atoms with Crippen LogP contribution in [0, 0.1) is 11.7 Å². The lowest BCUT2D eigenvalue weighted by Crippen LogP contribution is -2.48. The summed E-state index contributed by atoms with van der Waals surface area (Å²) in [6.45, 7) is 3.35. The monoisotopic (exact) mass is 310 g/mol. The molecular formula is C16H23FN2O3. The highest BCUT2D eigenvalue weighted by atomic mass is 19.1. The van der Waals surface area contributed by atoms with Gasteiger partial charge >= 0.3 is 0 Å². The number of amides is 1. The standard InChI is InChI=1S/C16H23FN2O3/c1-11(22-14-5-3-2-4-13(14)17)10-19-16(20)15(18)12-6-8-21-9-7-12/h2-5,11-12,15H,6-10,18H2,1H3,(H,19,20). The lowest BCUT2D eigenvalue weighted by atomic mass is 9.92. The fourth-order valence-corrected chi connectivity index (χ4v) is 2.45. The van der Waals surface area contributed by atoms with Crippen LogP contribution in [-0.4, -0.2) is 37.8 Å². The summed E-state index contributed by atoms with van der Waals surface area (Å²) in [4.78, 5) is 12.1. The minimum absolute atomic E-state index is 0.150. The molecule has 5 nitrogen and oxygen atoms in total. The SMILES string of the molecule is CC(CNC(=O)C(N)C1CCOCC1)Oc1ccccc1F. The van der Waals surface area contributed by atoms with Crippen molar-refractivity contribution in [3.8, 4) is 5.75 Å². The van der Waals surface area contributed by atoms with E-state index in [0.717, 1.165) is 12.8 Å². The van der Waals surface area contributed by atoms with Gasteiger partial charge in [0.05, 0.1) is 12.6 Å². The molecule has 1 aliphatic rings. The van der Waals surface area contributed by atoms with E-state index in [4.69, 9.17) is 15.2 Å². The van der Waals surface area contributed by atoms with Gasteiger partial charge in [-0.1, -0.05) is 12.1 Å². The number of ether oxygens (including phenoxy) is 2. The van der Waals surface area contributed by atoms with Gasteiger partial charge in [-0.15, -0.1) is 0 Å². The molecule has 2 unspecified atom stereocenters. The minimum atomic E-state index is -0.537. The number of carbonyl (C=O) groups excluding carboxylic acids is 1. The third-order valence-electron chi connectivity index (χ3n) is 3.81. The summed E-state index contributed by atoms with van der Waals surface area (Å²) in [5.74, 6) is -0.287. The van der Waals surface area contributed by atoms with E-state index in [1.54, 1.807) is 25.1 Å². The predicted molar refractivity (Wildman–Crippen MR) is 81.0 cm³/mol. The first-order chi connectivity index (χ1) is 10.6. The Balaban J connectivity index is 1.76. The molecule has 3 N–H and O–H groups in total. The Hall–Kier alpha value is -1.66. The topological polar surface area (TPSA) is 73.6 Å². The first-order valence-corrected chi connectivity index (χ1v) is 7.60. The number of rotatable bonds is 6. The smallest absolute Gasteiger partial charge is 0.237 e. The quantitative estimate of drug-likeness (QED) is 0.834. The molecule has 1 aromatic rings. The van der Waals surface area contributed by atoms with Crippen LogP contribution in [0.3, 0.4) is 0 Å². The van der Waals surface area contributed by atoms with Crippen LogP contribution < -0.4 is 15.8 Å². The molecule has 122 valence electrons. The van der Waals surface area contributed by atoms with Crippen molar-refractivity contribution in [2.45, 2.75) is 31.9 Å². The molecule has 0 radical (unpaired) electrons. The second-order valence-electron chi connectivity index (χ2n) is 5.58. The van der Waals surface area contributed by atoms with Crippen LogP contribution in [0.4, 0.5) is 4.39 Å². The Bertz CT molecular complexity index is 492. The van der Waals surface area contributed by atoms with Crippen molar-refractivity contribution in [3.63, 3.8) is 0 Å². The molecule has 1 heterocycles. The van der Waals surface area contributed by atoms with Gasteiger partial charge in [-0.3, -0.25) is 4.79 Å². The fraction of sp³-hybridized carbons (Fsp3) is 0.562. The van der Waals surface area contributed by atoms with Crippen LogP contribution >= 0.6 is 0 Å². The maximum absolute atomic E-state index is 13.5. The van der Waals surface area contributed by atoms with Crippen LogP contribution in [0.15, 0.2) is 24.3 Å². The lowest BCUT2D eigenvalue weighted by Gasteiger charge is -2.27. The number of carbonyl (C=O) groups is 1. The molecule has 0 saturated carbocycles. The van der Waals surface area contributed by atoms with Crippen LogP contribution in [-0.2, 0) is 9.53 Å². The molecule has 0 bridgehead atoms. The fourth-order valence-electron chi connectivity index (χ4n) is 2.45. The average Bonchev–Trinajstić information content (AvgIpc) is 2.55. The van der Waals surface area contributed by atoms with E-state index in [1.165, 1.54) is 6.07 Å². The van der Waals surface area contributed by atoms with Crippen molar-refractivity contribution in [1.82, 2.24) is 5.32 Å². The van der Waals surface area contributed by atoms with Crippen molar-refractivity contribution in [2.75, 3.05) is 19.8 Å². The maximum atomic E-state index is 13.5. The molecule has 1 aromatic carbocycles. The molecule has 6 heteroatoms. The Labute approximate surface area is 130 Å². The zero-order valence-corrected chi connectivity index (χ0v) is 12.8. The van der Waals surface area contributed by atoms with E-state index < -0.39 is 11.9 Å². The summed E-state index contributed by atoms with van der Waals surface area (Å²) in [6, 6.07) is 5.65. The average molecular weight is 310 g/mol. The second-order valence-corrected chi connectivity index (χ2v) is 5.58. The molecule has 22 heavy (non-hydrogen) atoms. The molecule has 1 aliphatic heterocycles. The van der Waals surface area contributed by atoms with Crippen LogP contribution in [0.2, 0.25) is 0 Å². The van der Waals surface area contributed by atoms with Gasteiger partial charge in [-0.2, -0.15) is 0 Å². The molecule has 2 atom stereocenters. The summed E-state index contributed by atoms with van der Waals surface area (Å²) in [5.41, 5.74) is 5.99. The van der Waals surface area contributed by atoms with Crippen molar-refractivity contribution in [2.24, 2.45) is 11.7 Å². The highest BCUT2D eigenvalue weighted by Gasteiger charge is 2.26. The van der Waals surface area contributed by atoms with Gasteiger partial charge in [-0.25, -0.2) is 4.39 Å². The maximum Gasteiger partial charge on any atom is 0.237 e. The van der Waals surface area contributed by atoms with Gasteiger partial charge in [-0.05, 0) is 37.8 Å². The van der Waals surface area contributed by atoms with Crippen LogP contribution in [0.25, 0.3) is 0 Å². The van der Waals surface area contributed by atoms with Gasteiger partial charge in [0.2, 0.25) is 5.91 Å². The molecule has 2 rings (SSSR count). The predicted octanol–water partition coefficient (Wildman–Crippen LogP) is 1.46. The van der Waals surface area contributed by atoms with Crippen LogP contribution in [0.1, 0.15) is 19.8 Å².